The summed E-state index contributed by atoms with van der Waals surface area (Å²) >= 11 is 0. The third-order valence-electron chi connectivity index (χ3n) is 2.29. The van der Waals surface area contributed by atoms with Crippen molar-refractivity contribution in [1.29, 1.82) is 0 Å². The van der Waals surface area contributed by atoms with Crippen molar-refractivity contribution in [2.24, 2.45) is 0 Å². The smallest absolute Gasteiger partial charge is 0.352 e. The highest BCUT2D eigenvalue weighted by molar-refractivity contribution is 5.94. The summed E-state index contributed by atoms with van der Waals surface area (Å²) in [5.74, 6) is -0.960. The fourth-order valence-corrected chi connectivity index (χ4v) is 1.52. The summed E-state index contributed by atoms with van der Waals surface area (Å²) in [6, 6.07) is 3.60. The quantitative estimate of drug-likeness (QED) is 0.783. The molecule has 0 aliphatic rings. The number of aryl methyl sites for hydroxylation is 1. The minimum absolute atomic E-state index is 0.200. The lowest BCUT2D eigenvalue weighted by Gasteiger charge is -2.03. The number of hydrogen-bond acceptors (Lipinski definition) is 2. The molecule has 0 atom stereocenters. The Morgan fingerprint density at radius 2 is 2.20 bits per heavy atom. The molecule has 0 aromatic carbocycles. The van der Waals surface area contributed by atoms with Gasteiger partial charge < -0.3 is 10.1 Å². The first-order valence-corrected chi connectivity index (χ1v) is 4.52. The van der Waals surface area contributed by atoms with Gasteiger partial charge in [0.25, 0.3) is 0 Å². The van der Waals surface area contributed by atoms with E-state index in [9.17, 15) is 4.79 Å². The summed E-state index contributed by atoms with van der Waals surface area (Å²) in [5.41, 5.74) is 2.72. The molecule has 0 spiro atoms. The van der Waals surface area contributed by atoms with Gasteiger partial charge in [-0.1, -0.05) is 0 Å². The highest BCUT2D eigenvalue weighted by Crippen LogP contribution is 2.25. The first-order valence-electron chi connectivity index (χ1n) is 4.52. The molecule has 0 radical (unpaired) electrons. The largest absolute Gasteiger partial charge is 0.477 e. The lowest BCUT2D eigenvalue weighted by molar-refractivity contribution is 0.0692. The first-order chi connectivity index (χ1) is 7.20. The van der Waals surface area contributed by atoms with Crippen molar-refractivity contribution in [2.75, 3.05) is 0 Å². The van der Waals surface area contributed by atoms with Crippen molar-refractivity contribution in [1.82, 2.24) is 9.97 Å². The molecule has 0 aliphatic heterocycles. The number of hydrogen-bond donors (Lipinski definition) is 2. The Labute approximate surface area is 86.6 Å². The summed E-state index contributed by atoms with van der Waals surface area (Å²) in [6.45, 7) is 1.93. The molecule has 0 fully saturated rings. The highest BCUT2D eigenvalue weighted by atomic mass is 16.4. The maximum absolute atomic E-state index is 10.9. The van der Waals surface area contributed by atoms with Crippen LogP contribution in [0.1, 0.15) is 16.1 Å². The van der Waals surface area contributed by atoms with Crippen LogP contribution in [0.3, 0.4) is 0 Å². The molecule has 0 saturated carbocycles. The number of carbonyl (C=O) groups is 1. The number of nitrogens with one attached hydrogen (secondary N) is 1. The Bertz CT molecular complexity index is 503. The molecule has 2 N–H and O–H groups in total. The second-order valence-corrected chi connectivity index (χ2v) is 3.26. The van der Waals surface area contributed by atoms with Crippen LogP contribution in [0.25, 0.3) is 11.1 Å². The van der Waals surface area contributed by atoms with E-state index in [1.54, 1.807) is 24.7 Å². The second-order valence-electron chi connectivity index (χ2n) is 3.26. The molecule has 2 aromatic rings. The average molecular weight is 202 g/mol. The maximum atomic E-state index is 10.9. The molecule has 76 valence electrons. The van der Waals surface area contributed by atoms with E-state index in [4.69, 9.17) is 5.11 Å². The number of aromatic amines is 1. The van der Waals surface area contributed by atoms with Crippen LogP contribution in [0, 0.1) is 6.92 Å². The monoisotopic (exact) mass is 202 g/mol. The SMILES string of the molecule is Cc1ccncc1-c1cc[nH]c1C(=O)O. The van der Waals surface area contributed by atoms with Crippen LogP contribution in [0.5, 0.6) is 0 Å². The predicted octanol–water partition coefficient (Wildman–Crippen LogP) is 2.08. The van der Waals surface area contributed by atoms with E-state index >= 15 is 0 Å². The van der Waals surface area contributed by atoms with Crippen LogP contribution in [0.2, 0.25) is 0 Å². The van der Waals surface area contributed by atoms with E-state index in [2.05, 4.69) is 9.97 Å². The van der Waals surface area contributed by atoms with Crippen molar-refractivity contribution in [2.45, 2.75) is 6.92 Å². The Balaban J connectivity index is 2.59. The average Bonchev–Trinajstić information content (AvgIpc) is 2.67. The standard InChI is InChI=1S/C11H10N2O2/c1-7-2-4-12-6-9(7)8-3-5-13-10(8)11(14)15/h2-6,13H,1H3,(H,14,15). The molecule has 2 rings (SSSR count). The summed E-state index contributed by atoms with van der Waals surface area (Å²) in [7, 11) is 0. The molecule has 4 heteroatoms. The molecule has 0 saturated heterocycles. The van der Waals surface area contributed by atoms with Crippen LogP contribution < -0.4 is 0 Å². The van der Waals surface area contributed by atoms with Crippen molar-refractivity contribution in [3.8, 4) is 11.1 Å². The molecular formula is C11H10N2O2. The lowest BCUT2D eigenvalue weighted by atomic mass is 10.0. The number of rotatable bonds is 2. The molecule has 15 heavy (non-hydrogen) atoms. The zero-order chi connectivity index (χ0) is 10.8. The number of aromatic nitrogens is 2. The molecule has 0 aliphatic carbocycles. The van der Waals surface area contributed by atoms with Crippen molar-refractivity contribution in [3.05, 3.63) is 42.0 Å². The molecule has 0 amide bonds. The minimum atomic E-state index is -0.960. The fourth-order valence-electron chi connectivity index (χ4n) is 1.52. The van der Waals surface area contributed by atoms with Crippen LogP contribution in [-0.2, 0) is 0 Å². The summed E-state index contributed by atoms with van der Waals surface area (Å²) in [4.78, 5) is 17.6. The van der Waals surface area contributed by atoms with Gasteiger partial charge in [-0.15, -0.1) is 0 Å². The Kier molecular flexibility index (Phi) is 2.25. The molecule has 4 nitrogen and oxygen atoms in total. The van der Waals surface area contributed by atoms with Gasteiger partial charge in [0.15, 0.2) is 0 Å². The Morgan fingerprint density at radius 1 is 1.40 bits per heavy atom. The van der Waals surface area contributed by atoms with E-state index in [0.717, 1.165) is 11.1 Å². The third-order valence-corrected chi connectivity index (χ3v) is 2.29. The second kappa shape index (κ2) is 3.57. The van der Waals surface area contributed by atoms with Crippen LogP contribution in [-0.4, -0.2) is 21.0 Å². The Morgan fingerprint density at radius 3 is 2.87 bits per heavy atom. The summed E-state index contributed by atoms with van der Waals surface area (Å²) in [5, 5.41) is 8.96. The predicted molar refractivity (Wildman–Crippen MR) is 55.7 cm³/mol. The molecule has 0 unspecified atom stereocenters. The van der Waals surface area contributed by atoms with E-state index in [0.29, 0.717) is 5.56 Å². The normalized spacial score (nSPS) is 10.2. The number of pyridine rings is 1. The number of carboxylic acids is 1. The molecule has 0 bridgehead atoms. The fraction of sp³-hybridized carbons (Fsp3) is 0.0909. The first kappa shape index (κ1) is 9.45. The topological polar surface area (TPSA) is 66.0 Å². The van der Waals surface area contributed by atoms with Crippen molar-refractivity contribution in [3.63, 3.8) is 0 Å². The van der Waals surface area contributed by atoms with Gasteiger partial charge in [0, 0.05) is 29.7 Å². The minimum Gasteiger partial charge on any atom is -0.477 e. The lowest BCUT2D eigenvalue weighted by Crippen LogP contribution is -1.99. The van der Waals surface area contributed by atoms with E-state index < -0.39 is 5.97 Å². The van der Waals surface area contributed by atoms with Crippen LogP contribution >= 0.6 is 0 Å². The van der Waals surface area contributed by atoms with Gasteiger partial charge in [0.05, 0.1) is 0 Å². The number of aromatic carboxylic acids is 1. The van der Waals surface area contributed by atoms with Gasteiger partial charge >= 0.3 is 5.97 Å². The van der Waals surface area contributed by atoms with Gasteiger partial charge in [-0.2, -0.15) is 0 Å². The van der Waals surface area contributed by atoms with E-state index in [1.807, 2.05) is 13.0 Å². The molecule has 2 aromatic heterocycles. The maximum Gasteiger partial charge on any atom is 0.352 e. The van der Waals surface area contributed by atoms with Gasteiger partial charge in [0.2, 0.25) is 0 Å². The van der Waals surface area contributed by atoms with Gasteiger partial charge in [-0.25, -0.2) is 4.79 Å². The third kappa shape index (κ3) is 1.61. The van der Waals surface area contributed by atoms with E-state index in [-0.39, 0.29) is 5.69 Å². The highest BCUT2D eigenvalue weighted by Gasteiger charge is 2.13. The zero-order valence-electron chi connectivity index (χ0n) is 8.19. The number of H-pyrrole nitrogens is 1. The summed E-state index contributed by atoms with van der Waals surface area (Å²) < 4.78 is 0. The van der Waals surface area contributed by atoms with Crippen LogP contribution in [0.4, 0.5) is 0 Å². The Hall–Kier alpha value is -2.10. The zero-order valence-corrected chi connectivity index (χ0v) is 8.19. The van der Waals surface area contributed by atoms with E-state index in [1.165, 1.54) is 0 Å². The number of nitrogens with zero attached hydrogens (tertiary/aromatic N) is 1. The van der Waals surface area contributed by atoms with Gasteiger partial charge in [0.1, 0.15) is 5.69 Å². The molecule has 2 heterocycles. The number of carboxylic acid groups (broad SMARTS) is 1. The van der Waals surface area contributed by atoms with Gasteiger partial charge in [-0.3, -0.25) is 4.98 Å². The summed E-state index contributed by atoms with van der Waals surface area (Å²) in [6.07, 6.45) is 4.97. The van der Waals surface area contributed by atoms with Gasteiger partial charge in [-0.05, 0) is 24.6 Å². The van der Waals surface area contributed by atoms with Crippen molar-refractivity contribution < 1.29 is 9.90 Å². The molecular weight excluding hydrogens is 192 g/mol. The van der Waals surface area contributed by atoms with Crippen LogP contribution in [0.15, 0.2) is 30.7 Å². The van der Waals surface area contributed by atoms with Crippen molar-refractivity contribution >= 4 is 5.97 Å².